The second-order valence-electron chi connectivity index (χ2n) is 5.70. The van der Waals surface area contributed by atoms with Crippen LogP contribution in [-0.2, 0) is 11.3 Å². The fourth-order valence-corrected chi connectivity index (χ4v) is 2.81. The molecule has 134 valence electrons. The van der Waals surface area contributed by atoms with Gasteiger partial charge in [-0.1, -0.05) is 23.2 Å². The number of amides is 1. The molecule has 6 nitrogen and oxygen atoms in total. The van der Waals surface area contributed by atoms with Crippen LogP contribution in [0.25, 0.3) is 11.3 Å². The summed E-state index contributed by atoms with van der Waals surface area (Å²) in [5, 5.41) is 9.23. The van der Waals surface area contributed by atoms with Gasteiger partial charge in [0.1, 0.15) is 18.1 Å². The molecule has 0 bridgehead atoms. The smallest absolute Gasteiger partial charge is 0.261 e. The lowest BCUT2D eigenvalue weighted by atomic mass is 10.2. The number of carbonyl (C=O) groups is 1. The molecule has 1 N–H and O–H groups in total. The molecule has 0 aliphatic carbocycles. The Kier molecular flexibility index (Phi) is 5.44. The molecule has 26 heavy (non-hydrogen) atoms. The molecule has 0 saturated heterocycles. The number of nitrogens with one attached hydrogen (secondary N) is 1. The number of halogens is 2. The van der Waals surface area contributed by atoms with Gasteiger partial charge in [-0.15, -0.1) is 0 Å². The third kappa shape index (κ3) is 4.33. The number of hydrogen-bond donors (Lipinski definition) is 1. The second-order valence-corrected chi connectivity index (χ2v) is 6.55. The van der Waals surface area contributed by atoms with E-state index >= 15 is 0 Å². The Bertz CT molecular complexity index is 975. The Balaban J connectivity index is 1.63. The first-order chi connectivity index (χ1) is 12.4. The van der Waals surface area contributed by atoms with Crippen molar-refractivity contribution in [2.24, 2.45) is 5.10 Å². The van der Waals surface area contributed by atoms with Crippen molar-refractivity contribution in [2.45, 2.75) is 20.4 Å². The number of rotatable bonds is 5. The molecule has 1 amide bonds. The lowest BCUT2D eigenvalue weighted by Gasteiger charge is -2.02. The number of hydrazone groups is 1. The SMILES string of the molecule is Cc1cc(C)n(CC(=O)N/N=C\c2ccc(-c3cc(Cl)ccc3Cl)o2)n1. The Hall–Kier alpha value is -2.57. The predicted octanol–water partition coefficient (Wildman–Crippen LogP) is 4.22. The monoisotopic (exact) mass is 390 g/mol. The van der Waals surface area contributed by atoms with E-state index in [1.807, 2.05) is 19.9 Å². The molecule has 2 aromatic heterocycles. The van der Waals surface area contributed by atoms with E-state index in [2.05, 4.69) is 15.6 Å². The van der Waals surface area contributed by atoms with E-state index in [1.54, 1.807) is 35.0 Å². The number of benzene rings is 1. The molecule has 0 saturated carbocycles. The zero-order valence-corrected chi connectivity index (χ0v) is 15.7. The van der Waals surface area contributed by atoms with Gasteiger partial charge in [-0.3, -0.25) is 9.48 Å². The van der Waals surface area contributed by atoms with Gasteiger partial charge in [0.25, 0.3) is 5.91 Å². The molecule has 1 aromatic carbocycles. The molecule has 0 fully saturated rings. The van der Waals surface area contributed by atoms with Crippen LogP contribution in [0.1, 0.15) is 17.1 Å². The highest BCUT2D eigenvalue weighted by atomic mass is 35.5. The number of furan rings is 1. The summed E-state index contributed by atoms with van der Waals surface area (Å²) < 4.78 is 7.28. The highest BCUT2D eigenvalue weighted by Gasteiger charge is 2.09. The van der Waals surface area contributed by atoms with Gasteiger partial charge >= 0.3 is 0 Å². The van der Waals surface area contributed by atoms with Gasteiger partial charge < -0.3 is 4.42 Å². The van der Waals surface area contributed by atoms with Crippen LogP contribution in [0.3, 0.4) is 0 Å². The van der Waals surface area contributed by atoms with E-state index in [1.165, 1.54) is 6.21 Å². The van der Waals surface area contributed by atoms with Crippen molar-refractivity contribution in [2.75, 3.05) is 0 Å². The summed E-state index contributed by atoms with van der Waals surface area (Å²) in [4.78, 5) is 11.9. The fraction of sp³-hybridized carbons (Fsp3) is 0.167. The van der Waals surface area contributed by atoms with Crippen molar-refractivity contribution in [3.63, 3.8) is 0 Å². The van der Waals surface area contributed by atoms with Gasteiger partial charge in [-0.05, 0) is 50.2 Å². The minimum atomic E-state index is -0.280. The van der Waals surface area contributed by atoms with E-state index in [9.17, 15) is 4.79 Å². The number of nitrogens with zero attached hydrogens (tertiary/aromatic N) is 3. The van der Waals surface area contributed by atoms with Crippen LogP contribution in [0.4, 0.5) is 0 Å². The molecule has 2 heterocycles. The van der Waals surface area contributed by atoms with Crippen LogP contribution in [-0.4, -0.2) is 21.9 Å². The summed E-state index contributed by atoms with van der Waals surface area (Å²) in [6, 6.07) is 10.5. The molecular formula is C18H16Cl2N4O2. The Morgan fingerprint density at radius 1 is 1.27 bits per heavy atom. The molecule has 0 spiro atoms. The van der Waals surface area contributed by atoms with E-state index in [0.717, 1.165) is 11.4 Å². The number of carbonyl (C=O) groups excluding carboxylic acids is 1. The van der Waals surface area contributed by atoms with Crippen LogP contribution in [0.15, 0.2) is 45.9 Å². The number of aryl methyl sites for hydroxylation is 2. The van der Waals surface area contributed by atoms with Crippen LogP contribution >= 0.6 is 23.2 Å². The molecule has 0 radical (unpaired) electrons. The summed E-state index contributed by atoms with van der Waals surface area (Å²) >= 11 is 12.1. The van der Waals surface area contributed by atoms with Crippen molar-refractivity contribution < 1.29 is 9.21 Å². The topological polar surface area (TPSA) is 72.4 Å². The van der Waals surface area contributed by atoms with Gasteiger partial charge in [-0.25, -0.2) is 5.43 Å². The lowest BCUT2D eigenvalue weighted by Crippen LogP contribution is -2.24. The number of hydrogen-bond acceptors (Lipinski definition) is 4. The quantitative estimate of drug-likeness (QED) is 0.523. The first kappa shape index (κ1) is 18.2. The van der Waals surface area contributed by atoms with Crippen LogP contribution < -0.4 is 5.43 Å². The molecule has 0 aliphatic heterocycles. The van der Waals surface area contributed by atoms with Gasteiger partial charge in [-0.2, -0.15) is 10.2 Å². The maximum atomic E-state index is 11.9. The van der Waals surface area contributed by atoms with E-state index < -0.39 is 0 Å². The average molecular weight is 391 g/mol. The highest BCUT2D eigenvalue weighted by Crippen LogP contribution is 2.31. The fourth-order valence-electron chi connectivity index (χ4n) is 2.43. The second kappa shape index (κ2) is 7.76. The van der Waals surface area contributed by atoms with Crippen LogP contribution in [0.2, 0.25) is 10.0 Å². The number of aromatic nitrogens is 2. The Labute approximate surface area is 160 Å². The third-order valence-electron chi connectivity index (χ3n) is 3.60. The molecule has 0 unspecified atom stereocenters. The standard InChI is InChI=1S/C18H16Cl2N4O2/c1-11-7-12(2)24(23-11)10-18(25)22-21-9-14-4-6-17(26-14)15-8-13(19)3-5-16(15)20/h3-9H,10H2,1-2H3,(H,22,25)/b21-9-. The van der Waals surface area contributed by atoms with Gasteiger partial charge in [0.05, 0.1) is 16.9 Å². The normalized spacial score (nSPS) is 11.2. The van der Waals surface area contributed by atoms with Crippen molar-refractivity contribution in [1.82, 2.24) is 15.2 Å². The minimum Gasteiger partial charge on any atom is -0.455 e. The van der Waals surface area contributed by atoms with Crippen molar-refractivity contribution >= 4 is 35.3 Å². The summed E-state index contributed by atoms with van der Waals surface area (Å²) in [6.45, 7) is 3.86. The minimum absolute atomic E-state index is 0.0958. The summed E-state index contributed by atoms with van der Waals surface area (Å²) in [6.07, 6.45) is 1.42. The zero-order chi connectivity index (χ0) is 18.7. The predicted molar refractivity (Wildman–Crippen MR) is 102 cm³/mol. The summed E-state index contributed by atoms with van der Waals surface area (Å²) in [7, 11) is 0. The summed E-state index contributed by atoms with van der Waals surface area (Å²) in [5.74, 6) is 0.757. The van der Waals surface area contributed by atoms with Gasteiger partial charge in [0.2, 0.25) is 0 Å². The largest absolute Gasteiger partial charge is 0.455 e. The van der Waals surface area contributed by atoms with E-state index in [-0.39, 0.29) is 12.5 Å². The zero-order valence-electron chi connectivity index (χ0n) is 14.2. The highest BCUT2D eigenvalue weighted by molar-refractivity contribution is 6.35. The van der Waals surface area contributed by atoms with Crippen molar-refractivity contribution in [1.29, 1.82) is 0 Å². The maximum absolute atomic E-state index is 11.9. The first-order valence-electron chi connectivity index (χ1n) is 7.80. The lowest BCUT2D eigenvalue weighted by molar-refractivity contribution is -0.121. The molecule has 0 atom stereocenters. The van der Waals surface area contributed by atoms with Gasteiger partial charge in [0.15, 0.2) is 0 Å². The molecule has 8 heteroatoms. The summed E-state index contributed by atoms with van der Waals surface area (Å²) in [5.41, 5.74) is 4.91. The Morgan fingerprint density at radius 2 is 2.08 bits per heavy atom. The van der Waals surface area contributed by atoms with Crippen LogP contribution in [0.5, 0.6) is 0 Å². The molecule has 3 aromatic rings. The molecule has 0 aliphatic rings. The van der Waals surface area contributed by atoms with Crippen LogP contribution in [0, 0.1) is 13.8 Å². The molecular weight excluding hydrogens is 375 g/mol. The average Bonchev–Trinajstić information content (AvgIpc) is 3.16. The van der Waals surface area contributed by atoms with E-state index in [4.69, 9.17) is 27.6 Å². The maximum Gasteiger partial charge on any atom is 0.261 e. The van der Waals surface area contributed by atoms with E-state index in [0.29, 0.717) is 27.1 Å². The Morgan fingerprint density at radius 3 is 2.81 bits per heavy atom. The van der Waals surface area contributed by atoms with Gasteiger partial charge in [0, 0.05) is 16.3 Å². The first-order valence-corrected chi connectivity index (χ1v) is 8.56. The van der Waals surface area contributed by atoms with Crippen molar-refractivity contribution in [3.05, 3.63) is 63.6 Å². The molecule has 3 rings (SSSR count). The third-order valence-corrected chi connectivity index (χ3v) is 4.16. The van der Waals surface area contributed by atoms with Crippen molar-refractivity contribution in [3.8, 4) is 11.3 Å².